The second-order valence-corrected chi connectivity index (χ2v) is 6.69. The summed E-state index contributed by atoms with van der Waals surface area (Å²) in [6.45, 7) is 4.15. The molecule has 0 spiro atoms. The van der Waals surface area contributed by atoms with Gasteiger partial charge in [-0.15, -0.1) is 0 Å². The number of nitrogens with two attached hydrogens (primary N) is 1. The summed E-state index contributed by atoms with van der Waals surface area (Å²) in [4.78, 5) is 16.0. The van der Waals surface area contributed by atoms with Crippen LogP contribution in [-0.2, 0) is 12.1 Å². The summed E-state index contributed by atoms with van der Waals surface area (Å²) < 4.78 is 12.5. The number of carbonyl (C=O) groups is 1. The number of fused-ring (bicyclic) bond motifs is 3. The van der Waals surface area contributed by atoms with Gasteiger partial charge in [0.1, 0.15) is 35.3 Å². The van der Waals surface area contributed by atoms with Crippen LogP contribution in [0.4, 0.5) is 0 Å². The molecule has 1 amide bonds. The number of aliphatic hydroxyl groups is 1. The fraction of sp³-hybridized carbons (Fsp3) is 0.250. The van der Waals surface area contributed by atoms with E-state index in [2.05, 4.69) is 22.0 Å². The van der Waals surface area contributed by atoms with E-state index in [4.69, 9.17) is 15.0 Å². The number of imidazole rings is 1. The summed E-state index contributed by atoms with van der Waals surface area (Å²) >= 11 is 0. The van der Waals surface area contributed by atoms with Crippen LogP contribution < -0.4 is 10.5 Å². The van der Waals surface area contributed by atoms with Gasteiger partial charge < -0.3 is 24.7 Å². The molecule has 1 atom stereocenters. The summed E-state index contributed by atoms with van der Waals surface area (Å²) in [5.74, 6) is 7.05. The summed E-state index contributed by atoms with van der Waals surface area (Å²) in [6, 6.07) is 7.04. The van der Waals surface area contributed by atoms with Gasteiger partial charge in [0.15, 0.2) is 5.60 Å². The molecule has 1 aromatic carbocycles. The Morgan fingerprint density at radius 1 is 1.39 bits per heavy atom. The SMILES string of the molecule is Cc1cc([C@@](C)(O)C#Cc2ccc3c(c2)-c2ncc(C(N)=O)n2CCO3)no1. The van der Waals surface area contributed by atoms with Gasteiger partial charge in [-0.05, 0) is 32.0 Å². The highest BCUT2D eigenvalue weighted by molar-refractivity contribution is 5.92. The van der Waals surface area contributed by atoms with E-state index in [0.717, 1.165) is 0 Å². The fourth-order valence-corrected chi connectivity index (χ4v) is 3.02. The van der Waals surface area contributed by atoms with Gasteiger partial charge in [0.05, 0.1) is 18.3 Å². The molecule has 3 aromatic rings. The first-order valence-corrected chi connectivity index (χ1v) is 8.67. The number of aryl methyl sites for hydroxylation is 1. The maximum Gasteiger partial charge on any atom is 0.266 e. The van der Waals surface area contributed by atoms with Gasteiger partial charge in [-0.3, -0.25) is 4.79 Å². The third-order valence-corrected chi connectivity index (χ3v) is 4.48. The van der Waals surface area contributed by atoms with Gasteiger partial charge in [0.25, 0.3) is 5.91 Å². The average Bonchev–Trinajstić information content (AvgIpc) is 3.24. The normalized spacial score (nSPS) is 14.5. The number of amides is 1. The second kappa shape index (κ2) is 6.55. The molecule has 0 saturated carbocycles. The Morgan fingerprint density at radius 3 is 2.93 bits per heavy atom. The predicted molar refractivity (Wildman–Crippen MR) is 99.4 cm³/mol. The van der Waals surface area contributed by atoms with Crippen molar-refractivity contribution in [3.05, 3.63) is 53.2 Å². The Labute approximate surface area is 160 Å². The smallest absolute Gasteiger partial charge is 0.266 e. The van der Waals surface area contributed by atoms with Crippen LogP contribution in [-0.4, -0.2) is 32.3 Å². The molecule has 4 rings (SSSR count). The molecule has 0 bridgehead atoms. The summed E-state index contributed by atoms with van der Waals surface area (Å²) in [6.07, 6.45) is 1.46. The highest BCUT2D eigenvalue weighted by Crippen LogP contribution is 2.33. The van der Waals surface area contributed by atoms with Crippen molar-refractivity contribution in [1.29, 1.82) is 0 Å². The van der Waals surface area contributed by atoms with Gasteiger partial charge in [-0.25, -0.2) is 4.98 Å². The minimum atomic E-state index is -1.46. The first kappa shape index (κ1) is 17.8. The molecule has 1 aliphatic heterocycles. The zero-order chi connectivity index (χ0) is 19.9. The highest BCUT2D eigenvalue weighted by Gasteiger charge is 2.25. The largest absolute Gasteiger partial charge is 0.491 e. The van der Waals surface area contributed by atoms with Crippen LogP contribution in [0.2, 0.25) is 0 Å². The summed E-state index contributed by atoms with van der Waals surface area (Å²) in [7, 11) is 0. The first-order valence-electron chi connectivity index (χ1n) is 8.67. The molecule has 8 nitrogen and oxygen atoms in total. The van der Waals surface area contributed by atoms with Crippen LogP contribution in [0.25, 0.3) is 11.4 Å². The minimum absolute atomic E-state index is 0.326. The van der Waals surface area contributed by atoms with Crippen LogP contribution in [0.3, 0.4) is 0 Å². The molecule has 0 radical (unpaired) electrons. The van der Waals surface area contributed by atoms with Crippen molar-refractivity contribution < 1.29 is 19.2 Å². The van der Waals surface area contributed by atoms with Gasteiger partial charge in [0, 0.05) is 11.6 Å². The molecule has 0 fully saturated rings. The number of benzene rings is 1. The van der Waals surface area contributed by atoms with E-state index in [1.165, 1.54) is 6.20 Å². The second-order valence-electron chi connectivity index (χ2n) is 6.69. The monoisotopic (exact) mass is 378 g/mol. The quantitative estimate of drug-likeness (QED) is 0.654. The Morgan fingerprint density at radius 2 is 2.21 bits per heavy atom. The maximum absolute atomic E-state index is 11.6. The van der Waals surface area contributed by atoms with E-state index >= 15 is 0 Å². The molecular weight excluding hydrogens is 360 g/mol. The van der Waals surface area contributed by atoms with E-state index in [0.29, 0.717) is 53.0 Å². The van der Waals surface area contributed by atoms with E-state index < -0.39 is 11.5 Å². The number of ether oxygens (including phenoxy) is 1. The Bertz CT molecular complexity index is 1130. The number of hydrogen-bond acceptors (Lipinski definition) is 6. The molecule has 0 unspecified atom stereocenters. The Kier molecular flexibility index (Phi) is 4.17. The standard InChI is InChI=1S/C20H18N4O4/c1-12-9-17(23-28-12)20(2,26)6-5-13-3-4-16-14(10-13)19-22-11-15(18(21)25)24(19)7-8-27-16/h3-4,9-11,26H,7-8H2,1-2H3,(H2,21,25)/t20-/m0/s1. The van der Waals surface area contributed by atoms with Crippen LogP contribution in [0, 0.1) is 18.8 Å². The van der Waals surface area contributed by atoms with E-state index in [1.54, 1.807) is 42.7 Å². The number of nitrogens with zero attached hydrogens (tertiary/aromatic N) is 3. The molecule has 142 valence electrons. The van der Waals surface area contributed by atoms with Gasteiger partial charge in [-0.1, -0.05) is 17.0 Å². The zero-order valence-electron chi connectivity index (χ0n) is 15.4. The fourth-order valence-electron chi connectivity index (χ4n) is 3.02. The van der Waals surface area contributed by atoms with Crippen LogP contribution in [0.1, 0.15) is 34.4 Å². The van der Waals surface area contributed by atoms with Crippen molar-refractivity contribution in [3.8, 4) is 29.0 Å². The van der Waals surface area contributed by atoms with Crippen LogP contribution in [0.5, 0.6) is 5.75 Å². The molecular formula is C20H18N4O4. The van der Waals surface area contributed by atoms with Crippen molar-refractivity contribution in [2.45, 2.75) is 26.0 Å². The lowest BCUT2D eigenvalue weighted by atomic mass is 10.0. The van der Waals surface area contributed by atoms with Crippen LogP contribution in [0.15, 0.2) is 35.0 Å². The Hall–Kier alpha value is -3.57. The first-order chi connectivity index (χ1) is 13.3. The lowest BCUT2D eigenvalue weighted by Crippen LogP contribution is -2.18. The Balaban J connectivity index is 1.74. The van der Waals surface area contributed by atoms with Crippen molar-refractivity contribution in [1.82, 2.24) is 14.7 Å². The lowest BCUT2D eigenvalue weighted by Gasteiger charge is -2.11. The number of primary amides is 1. The topological polar surface area (TPSA) is 116 Å². The number of aromatic nitrogens is 3. The van der Waals surface area contributed by atoms with Crippen LogP contribution >= 0.6 is 0 Å². The minimum Gasteiger partial charge on any atom is -0.491 e. The van der Waals surface area contributed by atoms with Crippen molar-refractivity contribution in [2.24, 2.45) is 5.73 Å². The average molecular weight is 378 g/mol. The molecule has 8 heteroatoms. The van der Waals surface area contributed by atoms with E-state index in [9.17, 15) is 9.90 Å². The van der Waals surface area contributed by atoms with Gasteiger partial charge in [-0.2, -0.15) is 0 Å². The zero-order valence-corrected chi connectivity index (χ0v) is 15.4. The summed E-state index contributed by atoms with van der Waals surface area (Å²) in [5.41, 5.74) is 6.00. The highest BCUT2D eigenvalue weighted by atomic mass is 16.5. The molecule has 0 saturated heterocycles. The van der Waals surface area contributed by atoms with E-state index in [-0.39, 0.29) is 0 Å². The lowest BCUT2D eigenvalue weighted by molar-refractivity contribution is 0.0990. The third-order valence-electron chi connectivity index (χ3n) is 4.48. The number of rotatable bonds is 2. The van der Waals surface area contributed by atoms with Gasteiger partial charge in [0.2, 0.25) is 0 Å². The molecule has 2 aromatic heterocycles. The molecule has 28 heavy (non-hydrogen) atoms. The van der Waals surface area contributed by atoms with Crippen molar-refractivity contribution in [3.63, 3.8) is 0 Å². The van der Waals surface area contributed by atoms with Crippen molar-refractivity contribution >= 4 is 5.91 Å². The van der Waals surface area contributed by atoms with Gasteiger partial charge >= 0.3 is 0 Å². The van der Waals surface area contributed by atoms with Crippen molar-refractivity contribution in [2.75, 3.05) is 6.61 Å². The number of hydrogen-bond donors (Lipinski definition) is 2. The van der Waals surface area contributed by atoms with E-state index in [1.807, 2.05) is 0 Å². The molecule has 0 aliphatic carbocycles. The molecule has 3 heterocycles. The third kappa shape index (κ3) is 3.12. The number of carbonyl (C=O) groups excluding carboxylic acids is 1. The molecule has 3 N–H and O–H groups in total. The maximum atomic E-state index is 11.6. The molecule has 1 aliphatic rings. The predicted octanol–water partition coefficient (Wildman–Crippen LogP) is 1.60. The summed E-state index contributed by atoms with van der Waals surface area (Å²) in [5, 5.41) is 14.4.